The van der Waals surface area contributed by atoms with E-state index in [1.54, 1.807) is 0 Å². The molecule has 0 aromatic rings. The van der Waals surface area contributed by atoms with Crippen LogP contribution in [-0.2, 0) is 4.79 Å². The Morgan fingerprint density at radius 2 is 1.84 bits per heavy atom. The molecule has 1 aliphatic carbocycles. The van der Waals surface area contributed by atoms with E-state index in [0.717, 1.165) is 37.7 Å². The van der Waals surface area contributed by atoms with Crippen LogP contribution in [0.2, 0.25) is 0 Å². The zero-order chi connectivity index (χ0) is 14.1. The Morgan fingerprint density at radius 1 is 1.21 bits per heavy atom. The summed E-state index contributed by atoms with van der Waals surface area (Å²) in [5.41, 5.74) is 1.17. The summed E-state index contributed by atoms with van der Waals surface area (Å²) < 4.78 is 0. The zero-order valence-electron chi connectivity index (χ0n) is 12.8. The molecular weight excluding hydrogens is 236 g/mol. The molecule has 1 amide bonds. The topological polar surface area (TPSA) is 41.1 Å². The third-order valence-electron chi connectivity index (χ3n) is 4.11. The first kappa shape index (κ1) is 14.6. The van der Waals surface area contributed by atoms with Gasteiger partial charge in [0.25, 0.3) is 0 Å². The average molecular weight is 264 g/mol. The molecule has 1 fully saturated rings. The number of carbonyl (C=O) groups excluding carboxylic acids is 1. The summed E-state index contributed by atoms with van der Waals surface area (Å²) >= 11 is 0. The van der Waals surface area contributed by atoms with E-state index in [4.69, 9.17) is 0 Å². The highest BCUT2D eigenvalue weighted by Crippen LogP contribution is 2.29. The molecule has 0 spiro atoms. The van der Waals surface area contributed by atoms with Crippen LogP contribution in [-0.4, -0.2) is 23.0 Å². The van der Waals surface area contributed by atoms with Gasteiger partial charge in [0.05, 0.1) is 0 Å². The van der Waals surface area contributed by atoms with Crippen LogP contribution in [0.5, 0.6) is 0 Å². The molecule has 3 nitrogen and oxygen atoms in total. The summed E-state index contributed by atoms with van der Waals surface area (Å²) in [4.78, 5) is 12.3. The molecule has 0 aromatic carbocycles. The highest BCUT2D eigenvalue weighted by Gasteiger charge is 2.38. The summed E-state index contributed by atoms with van der Waals surface area (Å²) in [6, 6.07) is 0.279. The van der Waals surface area contributed by atoms with Gasteiger partial charge in [-0.2, -0.15) is 0 Å². The molecule has 1 heterocycles. The van der Waals surface area contributed by atoms with Gasteiger partial charge in [-0.25, -0.2) is 0 Å². The highest BCUT2D eigenvalue weighted by atomic mass is 16.1. The summed E-state index contributed by atoms with van der Waals surface area (Å²) in [6.45, 7) is 8.86. The third-order valence-corrected chi connectivity index (χ3v) is 4.11. The lowest BCUT2D eigenvalue weighted by Crippen LogP contribution is -2.62. The molecule has 1 saturated heterocycles. The van der Waals surface area contributed by atoms with Crippen LogP contribution in [0.4, 0.5) is 0 Å². The van der Waals surface area contributed by atoms with Gasteiger partial charge in [0.15, 0.2) is 0 Å². The molecule has 0 unspecified atom stereocenters. The number of hydrogen-bond acceptors (Lipinski definition) is 2. The van der Waals surface area contributed by atoms with Crippen molar-refractivity contribution in [2.45, 2.75) is 83.3 Å². The predicted octanol–water partition coefficient (Wildman–Crippen LogP) is 2.91. The van der Waals surface area contributed by atoms with Crippen molar-refractivity contribution in [3.63, 3.8) is 0 Å². The van der Waals surface area contributed by atoms with E-state index in [9.17, 15) is 4.79 Å². The van der Waals surface area contributed by atoms with Crippen LogP contribution >= 0.6 is 0 Å². The van der Waals surface area contributed by atoms with Crippen LogP contribution in [0.1, 0.15) is 66.2 Å². The number of allylic oxidation sites excluding steroid dienone is 1. The first-order valence-electron chi connectivity index (χ1n) is 7.57. The average Bonchev–Trinajstić information content (AvgIpc) is 2.25. The fourth-order valence-corrected chi connectivity index (χ4v) is 3.75. The molecule has 0 saturated carbocycles. The normalized spacial score (nSPS) is 26.6. The second-order valence-corrected chi connectivity index (χ2v) is 7.45. The smallest absolute Gasteiger partial charge is 0.247 e. The molecule has 2 aliphatic rings. The van der Waals surface area contributed by atoms with Crippen molar-refractivity contribution >= 4 is 5.91 Å². The Kier molecular flexibility index (Phi) is 4.05. The fourth-order valence-electron chi connectivity index (χ4n) is 3.75. The molecule has 0 radical (unpaired) electrons. The summed E-state index contributed by atoms with van der Waals surface area (Å²) in [5, 5.41) is 6.90. The van der Waals surface area contributed by atoms with Crippen LogP contribution in [0, 0.1) is 0 Å². The number of piperidine rings is 1. The van der Waals surface area contributed by atoms with Gasteiger partial charge in [-0.1, -0.05) is 6.08 Å². The molecule has 3 heteroatoms. The van der Waals surface area contributed by atoms with Crippen molar-refractivity contribution in [1.29, 1.82) is 0 Å². The second kappa shape index (κ2) is 5.28. The van der Waals surface area contributed by atoms with E-state index in [1.807, 2.05) is 0 Å². The Morgan fingerprint density at radius 3 is 2.37 bits per heavy atom. The van der Waals surface area contributed by atoms with Crippen molar-refractivity contribution in [2.24, 2.45) is 0 Å². The van der Waals surface area contributed by atoms with Gasteiger partial charge in [0, 0.05) is 22.7 Å². The lowest BCUT2D eigenvalue weighted by molar-refractivity contribution is -0.118. The first-order chi connectivity index (χ1) is 8.77. The molecule has 19 heavy (non-hydrogen) atoms. The van der Waals surface area contributed by atoms with Gasteiger partial charge in [-0.05, 0) is 66.2 Å². The molecule has 0 aromatic heterocycles. The summed E-state index contributed by atoms with van der Waals surface area (Å²) in [7, 11) is 0. The molecule has 2 N–H and O–H groups in total. The van der Waals surface area contributed by atoms with Crippen LogP contribution in [0.25, 0.3) is 0 Å². The SMILES string of the molecule is CC1(C)CC(NC(=O)C2=CCCCC2)CC(C)(C)N1. The van der Waals surface area contributed by atoms with Crippen molar-refractivity contribution in [2.75, 3.05) is 0 Å². The Bertz CT molecular complexity index is 366. The minimum absolute atomic E-state index is 0.0840. The lowest BCUT2D eigenvalue weighted by Gasteiger charge is -2.46. The van der Waals surface area contributed by atoms with E-state index in [1.165, 1.54) is 6.42 Å². The van der Waals surface area contributed by atoms with Crippen molar-refractivity contribution in [3.8, 4) is 0 Å². The van der Waals surface area contributed by atoms with Crippen molar-refractivity contribution in [3.05, 3.63) is 11.6 Å². The van der Waals surface area contributed by atoms with Crippen LogP contribution in [0.15, 0.2) is 11.6 Å². The summed E-state index contributed by atoms with van der Waals surface area (Å²) in [5.74, 6) is 0.165. The van der Waals surface area contributed by atoms with Crippen molar-refractivity contribution in [1.82, 2.24) is 10.6 Å². The van der Waals surface area contributed by atoms with Gasteiger partial charge in [0.1, 0.15) is 0 Å². The van der Waals surface area contributed by atoms with Crippen LogP contribution in [0.3, 0.4) is 0 Å². The number of amides is 1. The number of carbonyl (C=O) groups is 1. The van der Waals surface area contributed by atoms with Gasteiger partial charge in [-0.3, -0.25) is 4.79 Å². The van der Waals surface area contributed by atoms with Gasteiger partial charge in [0.2, 0.25) is 5.91 Å². The van der Waals surface area contributed by atoms with Gasteiger partial charge >= 0.3 is 0 Å². The van der Waals surface area contributed by atoms with E-state index < -0.39 is 0 Å². The second-order valence-electron chi connectivity index (χ2n) is 7.45. The standard InChI is InChI=1S/C16H28N2O/c1-15(2)10-13(11-16(3,4)18-15)17-14(19)12-8-6-5-7-9-12/h8,13,18H,5-7,9-11H2,1-4H3,(H,17,19). The maximum atomic E-state index is 12.3. The number of rotatable bonds is 2. The molecule has 1 aliphatic heterocycles. The number of hydrogen-bond donors (Lipinski definition) is 2. The largest absolute Gasteiger partial charge is 0.349 e. The Hall–Kier alpha value is -0.830. The maximum Gasteiger partial charge on any atom is 0.247 e. The highest BCUT2D eigenvalue weighted by molar-refractivity contribution is 5.93. The maximum absolute atomic E-state index is 12.3. The molecule has 2 rings (SSSR count). The summed E-state index contributed by atoms with van der Waals surface area (Å²) in [6.07, 6.45) is 8.50. The quantitative estimate of drug-likeness (QED) is 0.805. The lowest BCUT2D eigenvalue weighted by atomic mass is 9.79. The van der Waals surface area contributed by atoms with E-state index in [2.05, 4.69) is 44.4 Å². The van der Waals surface area contributed by atoms with E-state index in [-0.39, 0.29) is 23.0 Å². The minimum atomic E-state index is 0.0840. The first-order valence-corrected chi connectivity index (χ1v) is 7.57. The zero-order valence-corrected chi connectivity index (χ0v) is 12.8. The van der Waals surface area contributed by atoms with Crippen molar-refractivity contribution < 1.29 is 4.79 Å². The molecular formula is C16H28N2O. The fraction of sp³-hybridized carbons (Fsp3) is 0.812. The van der Waals surface area contributed by atoms with Gasteiger partial charge in [-0.15, -0.1) is 0 Å². The predicted molar refractivity (Wildman–Crippen MR) is 79.0 cm³/mol. The Balaban J connectivity index is 1.98. The molecule has 0 atom stereocenters. The van der Waals surface area contributed by atoms with Gasteiger partial charge < -0.3 is 10.6 Å². The molecule has 108 valence electrons. The van der Waals surface area contributed by atoms with E-state index >= 15 is 0 Å². The molecule has 0 bridgehead atoms. The monoisotopic (exact) mass is 264 g/mol. The van der Waals surface area contributed by atoms with Crippen LogP contribution < -0.4 is 10.6 Å². The van der Waals surface area contributed by atoms with E-state index in [0.29, 0.717) is 0 Å². The minimum Gasteiger partial charge on any atom is -0.349 e. The Labute approximate surface area is 117 Å². The third kappa shape index (κ3) is 4.07. The number of nitrogens with one attached hydrogen (secondary N) is 2.